The van der Waals surface area contributed by atoms with Gasteiger partial charge in [0.15, 0.2) is 0 Å². The summed E-state index contributed by atoms with van der Waals surface area (Å²) in [4.78, 5) is 22.0. The van der Waals surface area contributed by atoms with E-state index in [-0.39, 0.29) is 12.5 Å². The van der Waals surface area contributed by atoms with Gasteiger partial charge in [0.05, 0.1) is 5.92 Å². The number of carboxylic acid groups (broad SMARTS) is 1. The van der Waals surface area contributed by atoms with E-state index in [1.165, 1.54) is 6.08 Å². The largest absolute Gasteiger partial charge is 0.481 e. The zero-order valence-electron chi connectivity index (χ0n) is 10.5. The van der Waals surface area contributed by atoms with Crippen molar-refractivity contribution in [2.75, 3.05) is 6.54 Å². The fourth-order valence-corrected chi connectivity index (χ4v) is 1.34. The number of carboxylic acids is 1. The van der Waals surface area contributed by atoms with Crippen LogP contribution in [0.5, 0.6) is 0 Å². The van der Waals surface area contributed by atoms with Gasteiger partial charge in [0.25, 0.3) is 0 Å². The van der Waals surface area contributed by atoms with E-state index in [0.29, 0.717) is 0 Å². The topological polar surface area (TPSA) is 66.4 Å². The minimum atomic E-state index is -0.918. The van der Waals surface area contributed by atoms with Crippen molar-refractivity contribution in [2.45, 2.75) is 13.8 Å². The Balaban J connectivity index is 2.50. The van der Waals surface area contributed by atoms with Crippen LogP contribution in [-0.2, 0) is 9.59 Å². The summed E-state index contributed by atoms with van der Waals surface area (Å²) in [6, 6.07) is 7.71. The van der Waals surface area contributed by atoms with Gasteiger partial charge in [0.1, 0.15) is 0 Å². The second-order valence-electron chi connectivity index (χ2n) is 4.17. The Morgan fingerprint density at radius 1 is 1.39 bits per heavy atom. The Morgan fingerprint density at radius 3 is 2.67 bits per heavy atom. The van der Waals surface area contributed by atoms with Crippen LogP contribution < -0.4 is 5.32 Å². The molecule has 1 aromatic carbocycles. The zero-order chi connectivity index (χ0) is 13.5. The summed E-state index contributed by atoms with van der Waals surface area (Å²) in [5.74, 6) is -1.79. The molecule has 0 bridgehead atoms. The van der Waals surface area contributed by atoms with Crippen molar-refractivity contribution in [1.82, 2.24) is 5.32 Å². The molecular formula is C14H17NO3. The first-order valence-electron chi connectivity index (χ1n) is 5.75. The van der Waals surface area contributed by atoms with Crippen molar-refractivity contribution in [3.8, 4) is 0 Å². The number of carbonyl (C=O) groups excluding carboxylic acids is 1. The van der Waals surface area contributed by atoms with Gasteiger partial charge < -0.3 is 10.4 Å². The first-order chi connectivity index (χ1) is 8.50. The fourth-order valence-electron chi connectivity index (χ4n) is 1.34. The van der Waals surface area contributed by atoms with E-state index in [1.54, 1.807) is 13.0 Å². The summed E-state index contributed by atoms with van der Waals surface area (Å²) in [5.41, 5.74) is 2.05. The Bertz CT molecular complexity index is 466. The molecule has 0 saturated carbocycles. The third-order valence-corrected chi connectivity index (χ3v) is 2.61. The molecule has 0 aromatic heterocycles. The Hall–Kier alpha value is -2.10. The summed E-state index contributed by atoms with van der Waals surface area (Å²) < 4.78 is 0. The number of amides is 1. The molecule has 0 heterocycles. The van der Waals surface area contributed by atoms with E-state index in [9.17, 15) is 9.59 Å². The normalized spacial score (nSPS) is 12.3. The van der Waals surface area contributed by atoms with Gasteiger partial charge in [0.2, 0.25) is 5.91 Å². The monoisotopic (exact) mass is 247 g/mol. The first kappa shape index (κ1) is 14.0. The molecule has 18 heavy (non-hydrogen) atoms. The van der Waals surface area contributed by atoms with Crippen LogP contribution in [0.15, 0.2) is 30.3 Å². The van der Waals surface area contributed by atoms with Crippen LogP contribution in [0.4, 0.5) is 0 Å². The summed E-state index contributed by atoms with van der Waals surface area (Å²) in [5, 5.41) is 11.2. The Morgan fingerprint density at radius 2 is 2.06 bits per heavy atom. The molecule has 1 atom stereocenters. The van der Waals surface area contributed by atoms with Crippen molar-refractivity contribution in [3.63, 3.8) is 0 Å². The summed E-state index contributed by atoms with van der Waals surface area (Å²) in [6.07, 6.45) is 3.13. The molecule has 1 aromatic rings. The van der Waals surface area contributed by atoms with Gasteiger partial charge >= 0.3 is 5.97 Å². The minimum absolute atomic E-state index is 0.131. The lowest BCUT2D eigenvalue weighted by atomic mass is 10.1. The van der Waals surface area contributed by atoms with E-state index in [2.05, 4.69) is 5.32 Å². The van der Waals surface area contributed by atoms with Crippen molar-refractivity contribution < 1.29 is 14.7 Å². The number of aryl methyl sites for hydroxylation is 1. The number of rotatable bonds is 5. The maximum atomic E-state index is 11.5. The third kappa shape index (κ3) is 4.41. The van der Waals surface area contributed by atoms with E-state index in [0.717, 1.165) is 11.1 Å². The number of hydrogen-bond donors (Lipinski definition) is 2. The average Bonchev–Trinajstić information content (AvgIpc) is 2.34. The second-order valence-corrected chi connectivity index (χ2v) is 4.17. The van der Waals surface area contributed by atoms with Crippen LogP contribution in [0.1, 0.15) is 18.1 Å². The van der Waals surface area contributed by atoms with Crippen molar-refractivity contribution in [2.24, 2.45) is 5.92 Å². The lowest BCUT2D eigenvalue weighted by Gasteiger charge is -2.06. The highest BCUT2D eigenvalue weighted by atomic mass is 16.4. The average molecular weight is 247 g/mol. The summed E-state index contributed by atoms with van der Waals surface area (Å²) in [6.45, 7) is 3.64. The predicted molar refractivity (Wildman–Crippen MR) is 70.0 cm³/mol. The lowest BCUT2D eigenvalue weighted by molar-refractivity contribution is -0.141. The van der Waals surface area contributed by atoms with Gasteiger partial charge in [-0.25, -0.2) is 0 Å². The van der Waals surface area contributed by atoms with Crippen LogP contribution in [0, 0.1) is 12.8 Å². The molecule has 1 unspecified atom stereocenters. The maximum Gasteiger partial charge on any atom is 0.308 e. The molecule has 96 valence electrons. The van der Waals surface area contributed by atoms with Crippen molar-refractivity contribution >= 4 is 18.0 Å². The maximum absolute atomic E-state index is 11.5. The van der Waals surface area contributed by atoms with Crippen LogP contribution in [-0.4, -0.2) is 23.5 Å². The third-order valence-electron chi connectivity index (χ3n) is 2.61. The minimum Gasteiger partial charge on any atom is -0.481 e. The zero-order valence-corrected chi connectivity index (χ0v) is 10.5. The number of nitrogens with one attached hydrogen (secondary N) is 1. The molecule has 0 aliphatic heterocycles. The molecular weight excluding hydrogens is 230 g/mol. The van der Waals surface area contributed by atoms with Gasteiger partial charge in [-0.15, -0.1) is 0 Å². The van der Waals surface area contributed by atoms with Gasteiger partial charge in [-0.3, -0.25) is 9.59 Å². The molecule has 0 radical (unpaired) electrons. The molecule has 2 N–H and O–H groups in total. The summed E-state index contributed by atoms with van der Waals surface area (Å²) >= 11 is 0. The van der Waals surface area contributed by atoms with E-state index in [1.807, 2.05) is 31.2 Å². The first-order valence-corrected chi connectivity index (χ1v) is 5.75. The van der Waals surface area contributed by atoms with Crippen LogP contribution in [0.2, 0.25) is 0 Å². The lowest BCUT2D eigenvalue weighted by Crippen LogP contribution is -2.30. The molecule has 1 amide bonds. The van der Waals surface area contributed by atoms with Crippen molar-refractivity contribution in [3.05, 3.63) is 41.5 Å². The molecule has 0 aliphatic carbocycles. The highest BCUT2D eigenvalue weighted by Crippen LogP contribution is 2.08. The number of benzene rings is 1. The van der Waals surface area contributed by atoms with Crippen LogP contribution >= 0.6 is 0 Å². The number of carbonyl (C=O) groups is 2. The second kappa shape index (κ2) is 6.59. The SMILES string of the molecule is Cc1ccccc1C=CC(=O)NCC(C)C(=O)O. The van der Waals surface area contributed by atoms with E-state index in [4.69, 9.17) is 5.11 Å². The number of hydrogen-bond acceptors (Lipinski definition) is 2. The summed E-state index contributed by atoms with van der Waals surface area (Å²) in [7, 11) is 0. The molecule has 0 saturated heterocycles. The molecule has 4 heteroatoms. The molecule has 0 spiro atoms. The molecule has 0 aliphatic rings. The fraction of sp³-hybridized carbons (Fsp3) is 0.286. The van der Waals surface area contributed by atoms with Gasteiger partial charge in [-0.1, -0.05) is 31.2 Å². The highest BCUT2D eigenvalue weighted by Gasteiger charge is 2.10. The van der Waals surface area contributed by atoms with Gasteiger partial charge in [-0.05, 0) is 24.1 Å². The quantitative estimate of drug-likeness (QED) is 0.780. The predicted octanol–water partition coefficient (Wildman–Crippen LogP) is 1.85. The van der Waals surface area contributed by atoms with E-state index < -0.39 is 11.9 Å². The van der Waals surface area contributed by atoms with Gasteiger partial charge in [-0.2, -0.15) is 0 Å². The highest BCUT2D eigenvalue weighted by molar-refractivity contribution is 5.92. The smallest absolute Gasteiger partial charge is 0.308 e. The van der Waals surface area contributed by atoms with Gasteiger partial charge in [0, 0.05) is 12.6 Å². The molecule has 4 nitrogen and oxygen atoms in total. The van der Waals surface area contributed by atoms with Crippen LogP contribution in [0.25, 0.3) is 6.08 Å². The number of aliphatic carboxylic acids is 1. The Kier molecular flexibility index (Phi) is 5.11. The van der Waals surface area contributed by atoms with Crippen LogP contribution in [0.3, 0.4) is 0 Å². The Labute approximate surface area is 106 Å². The standard InChI is InChI=1S/C14H17NO3/c1-10-5-3-4-6-12(10)7-8-13(16)15-9-11(2)14(17)18/h3-8,11H,9H2,1-2H3,(H,15,16)(H,17,18). The van der Waals surface area contributed by atoms with Crippen molar-refractivity contribution in [1.29, 1.82) is 0 Å². The molecule has 1 rings (SSSR count). The van der Waals surface area contributed by atoms with E-state index >= 15 is 0 Å². The molecule has 0 fully saturated rings.